The van der Waals surface area contributed by atoms with Crippen LogP contribution in [-0.4, -0.2) is 22.9 Å². The number of rotatable bonds is 17. The molecule has 21 heavy (non-hydrogen) atoms. The lowest BCUT2D eigenvalue weighted by Gasteiger charge is -2.06. The van der Waals surface area contributed by atoms with Gasteiger partial charge in [0.05, 0.1) is 12.7 Å². The summed E-state index contributed by atoms with van der Waals surface area (Å²) in [7, 11) is 0. The van der Waals surface area contributed by atoms with E-state index in [2.05, 4.69) is 6.92 Å². The van der Waals surface area contributed by atoms with Crippen LogP contribution in [0.3, 0.4) is 0 Å². The Bertz CT molecular complexity index is 182. The van der Waals surface area contributed by atoms with Crippen molar-refractivity contribution < 1.29 is 10.2 Å². The molecular formula is C19H40O2. The first-order valence-electron chi connectivity index (χ1n) is 9.60. The molecule has 0 saturated heterocycles. The summed E-state index contributed by atoms with van der Waals surface area (Å²) < 4.78 is 0. The highest BCUT2D eigenvalue weighted by molar-refractivity contribution is 4.54. The van der Waals surface area contributed by atoms with Crippen LogP contribution in [0.1, 0.15) is 110 Å². The smallest absolute Gasteiger partial charge is 0.0770 e. The fourth-order valence-electron chi connectivity index (χ4n) is 2.84. The lowest BCUT2D eigenvalue weighted by atomic mass is 10.0. The Labute approximate surface area is 133 Å². The second-order valence-corrected chi connectivity index (χ2v) is 6.57. The van der Waals surface area contributed by atoms with Crippen LogP contribution in [-0.2, 0) is 0 Å². The minimum atomic E-state index is -0.494. The number of hydrogen-bond donors (Lipinski definition) is 2. The number of unbranched alkanes of at least 4 members (excludes halogenated alkanes) is 14. The van der Waals surface area contributed by atoms with Gasteiger partial charge in [0, 0.05) is 0 Å². The van der Waals surface area contributed by atoms with Crippen molar-refractivity contribution >= 4 is 0 Å². The quantitative estimate of drug-likeness (QED) is 0.343. The maximum Gasteiger partial charge on any atom is 0.0770 e. The van der Waals surface area contributed by atoms with E-state index in [-0.39, 0.29) is 6.61 Å². The highest BCUT2D eigenvalue weighted by atomic mass is 16.3. The first-order chi connectivity index (χ1) is 10.3. The topological polar surface area (TPSA) is 40.5 Å². The summed E-state index contributed by atoms with van der Waals surface area (Å²) in [6, 6.07) is 0. The van der Waals surface area contributed by atoms with E-state index in [0.29, 0.717) is 0 Å². The fourth-order valence-corrected chi connectivity index (χ4v) is 2.84. The van der Waals surface area contributed by atoms with Gasteiger partial charge in [-0.3, -0.25) is 0 Å². The minimum Gasteiger partial charge on any atom is -0.394 e. The second kappa shape index (κ2) is 18.0. The van der Waals surface area contributed by atoms with E-state index in [9.17, 15) is 5.11 Å². The Hall–Kier alpha value is -0.0800. The Morgan fingerprint density at radius 1 is 0.571 bits per heavy atom. The van der Waals surface area contributed by atoms with Crippen molar-refractivity contribution in [2.24, 2.45) is 0 Å². The van der Waals surface area contributed by atoms with E-state index in [0.717, 1.165) is 12.8 Å². The van der Waals surface area contributed by atoms with E-state index in [1.54, 1.807) is 0 Å². The Morgan fingerprint density at radius 2 is 0.905 bits per heavy atom. The lowest BCUT2D eigenvalue weighted by Crippen LogP contribution is -2.10. The SMILES string of the molecule is CCCCCCCCCCCCCCCCC[C@H](O)CO. The Balaban J connectivity index is 2.96. The van der Waals surface area contributed by atoms with Crippen molar-refractivity contribution in [1.29, 1.82) is 0 Å². The maximum atomic E-state index is 9.21. The third-order valence-corrected chi connectivity index (χ3v) is 4.35. The summed E-state index contributed by atoms with van der Waals surface area (Å²) in [5.41, 5.74) is 0. The molecule has 0 radical (unpaired) electrons. The van der Waals surface area contributed by atoms with Gasteiger partial charge < -0.3 is 10.2 Å². The van der Waals surface area contributed by atoms with Gasteiger partial charge in [-0.15, -0.1) is 0 Å². The van der Waals surface area contributed by atoms with Gasteiger partial charge in [0.2, 0.25) is 0 Å². The molecule has 0 unspecified atom stereocenters. The van der Waals surface area contributed by atoms with Crippen LogP contribution >= 0.6 is 0 Å². The zero-order valence-corrected chi connectivity index (χ0v) is 14.5. The number of aliphatic hydroxyl groups is 2. The summed E-state index contributed by atoms with van der Waals surface area (Å²) in [6.45, 7) is 2.19. The molecule has 0 saturated carbocycles. The summed E-state index contributed by atoms with van der Waals surface area (Å²) in [5, 5.41) is 17.9. The van der Waals surface area contributed by atoms with E-state index in [1.807, 2.05) is 0 Å². The maximum absolute atomic E-state index is 9.21. The number of hydrogen-bond acceptors (Lipinski definition) is 2. The predicted octanol–water partition coefficient (Wildman–Crippen LogP) is 5.60. The van der Waals surface area contributed by atoms with Crippen molar-refractivity contribution in [1.82, 2.24) is 0 Å². The van der Waals surface area contributed by atoms with Crippen LogP contribution in [0.5, 0.6) is 0 Å². The van der Waals surface area contributed by atoms with Gasteiger partial charge in [0.25, 0.3) is 0 Å². The molecule has 0 aliphatic carbocycles. The average molecular weight is 301 g/mol. The van der Waals surface area contributed by atoms with Gasteiger partial charge in [-0.2, -0.15) is 0 Å². The molecule has 0 fully saturated rings. The van der Waals surface area contributed by atoms with Crippen LogP contribution in [0.25, 0.3) is 0 Å². The number of aliphatic hydroxyl groups excluding tert-OH is 2. The van der Waals surface area contributed by atoms with Crippen LogP contribution < -0.4 is 0 Å². The first kappa shape index (κ1) is 20.9. The van der Waals surface area contributed by atoms with E-state index < -0.39 is 6.10 Å². The third kappa shape index (κ3) is 17.9. The zero-order chi connectivity index (χ0) is 15.6. The van der Waals surface area contributed by atoms with Gasteiger partial charge in [0.1, 0.15) is 0 Å². The molecular weight excluding hydrogens is 260 g/mol. The van der Waals surface area contributed by atoms with Gasteiger partial charge >= 0.3 is 0 Å². The molecule has 0 heterocycles. The monoisotopic (exact) mass is 300 g/mol. The van der Waals surface area contributed by atoms with Crippen LogP contribution in [0, 0.1) is 0 Å². The summed E-state index contributed by atoms with van der Waals surface area (Å²) in [5.74, 6) is 0. The Morgan fingerprint density at radius 3 is 1.24 bits per heavy atom. The van der Waals surface area contributed by atoms with Gasteiger partial charge in [-0.05, 0) is 6.42 Å². The fraction of sp³-hybridized carbons (Fsp3) is 1.00. The largest absolute Gasteiger partial charge is 0.394 e. The van der Waals surface area contributed by atoms with Crippen molar-refractivity contribution in [3.05, 3.63) is 0 Å². The zero-order valence-electron chi connectivity index (χ0n) is 14.5. The molecule has 0 aromatic rings. The average Bonchev–Trinajstić information content (AvgIpc) is 2.50. The van der Waals surface area contributed by atoms with E-state index in [1.165, 1.54) is 89.9 Å². The Kier molecular flexibility index (Phi) is 17.9. The highest BCUT2D eigenvalue weighted by Gasteiger charge is 2.00. The summed E-state index contributed by atoms with van der Waals surface area (Å²) in [6.07, 6.45) is 20.7. The molecule has 2 N–H and O–H groups in total. The first-order valence-corrected chi connectivity index (χ1v) is 9.60. The molecule has 0 bridgehead atoms. The van der Waals surface area contributed by atoms with Crippen molar-refractivity contribution in [3.8, 4) is 0 Å². The summed E-state index contributed by atoms with van der Waals surface area (Å²) >= 11 is 0. The molecule has 0 aliphatic heterocycles. The van der Waals surface area contributed by atoms with Gasteiger partial charge in [0.15, 0.2) is 0 Å². The van der Waals surface area contributed by atoms with Crippen molar-refractivity contribution in [3.63, 3.8) is 0 Å². The van der Waals surface area contributed by atoms with Crippen molar-refractivity contribution in [2.75, 3.05) is 6.61 Å². The minimum absolute atomic E-state index is 0.0847. The van der Waals surface area contributed by atoms with Crippen LogP contribution in [0.4, 0.5) is 0 Å². The third-order valence-electron chi connectivity index (χ3n) is 4.35. The van der Waals surface area contributed by atoms with Gasteiger partial charge in [-0.25, -0.2) is 0 Å². The molecule has 0 aromatic carbocycles. The van der Waals surface area contributed by atoms with E-state index in [4.69, 9.17) is 5.11 Å². The summed E-state index contributed by atoms with van der Waals surface area (Å²) in [4.78, 5) is 0. The normalized spacial score (nSPS) is 12.7. The predicted molar refractivity (Wildman–Crippen MR) is 92.6 cm³/mol. The lowest BCUT2D eigenvalue weighted by molar-refractivity contribution is 0.0860. The molecule has 0 rings (SSSR count). The molecule has 2 nitrogen and oxygen atoms in total. The second-order valence-electron chi connectivity index (χ2n) is 6.57. The standard InChI is InChI=1S/C19H40O2/c1-2-3-4-5-6-7-8-9-10-11-12-13-14-15-16-17-19(21)18-20/h19-21H,2-18H2,1H3/t19-/m0/s1. The molecule has 0 amide bonds. The molecule has 1 atom stereocenters. The van der Waals surface area contributed by atoms with Gasteiger partial charge in [-0.1, -0.05) is 103 Å². The van der Waals surface area contributed by atoms with Crippen molar-refractivity contribution in [2.45, 2.75) is 116 Å². The van der Waals surface area contributed by atoms with Crippen LogP contribution in [0.15, 0.2) is 0 Å². The molecule has 2 heteroatoms. The van der Waals surface area contributed by atoms with E-state index >= 15 is 0 Å². The molecule has 128 valence electrons. The molecule has 0 aromatic heterocycles. The molecule has 0 aliphatic rings. The van der Waals surface area contributed by atoms with Crippen LogP contribution in [0.2, 0.25) is 0 Å². The highest BCUT2D eigenvalue weighted by Crippen LogP contribution is 2.13. The molecule has 0 spiro atoms.